The SMILES string of the molecule is Cl.Clc1ccsc1CN1CCN(C2CCNC2)CC1. The van der Waals surface area contributed by atoms with Crippen LogP contribution in [0.3, 0.4) is 0 Å². The molecule has 19 heavy (non-hydrogen) atoms. The van der Waals surface area contributed by atoms with E-state index in [1.54, 1.807) is 11.3 Å². The highest BCUT2D eigenvalue weighted by Crippen LogP contribution is 2.24. The van der Waals surface area contributed by atoms with Gasteiger partial charge in [0, 0.05) is 50.2 Å². The molecule has 0 saturated carbocycles. The van der Waals surface area contributed by atoms with E-state index in [-0.39, 0.29) is 12.4 Å². The highest BCUT2D eigenvalue weighted by Gasteiger charge is 2.26. The standard InChI is InChI=1S/C13H20ClN3S.ClH/c14-12-2-8-18-13(12)10-16-4-6-17(7-5-16)11-1-3-15-9-11;/h2,8,11,15H,1,3-7,9-10H2;1H. The van der Waals surface area contributed by atoms with Crippen molar-refractivity contribution in [2.75, 3.05) is 39.3 Å². The summed E-state index contributed by atoms with van der Waals surface area (Å²) < 4.78 is 0. The molecule has 2 aliphatic heterocycles. The molecule has 2 aliphatic rings. The average Bonchev–Trinajstić information content (AvgIpc) is 3.03. The van der Waals surface area contributed by atoms with Crippen LogP contribution in [0.4, 0.5) is 0 Å². The van der Waals surface area contributed by atoms with Crippen LogP contribution in [0, 0.1) is 0 Å². The van der Waals surface area contributed by atoms with E-state index in [0.29, 0.717) is 0 Å². The van der Waals surface area contributed by atoms with Gasteiger partial charge in [0.25, 0.3) is 0 Å². The molecule has 108 valence electrons. The number of nitrogens with zero attached hydrogens (tertiary/aromatic N) is 2. The Morgan fingerprint density at radius 1 is 1.32 bits per heavy atom. The van der Waals surface area contributed by atoms with E-state index >= 15 is 0 Å². The number of hydrogen-bond donors (Lipinski definition) is 1. The molecule has 1 unspecified atom stereocenters. The minimum atomic E-state index is 0. The summed E-state index contributed by atoms with van der Waals surface area (Å²) in [6.07, 6.45) is 1.32. The first kappa shape index (κ1) is 15.5. The fraction of sp³-hybridized carbons (Fsp3) is 0.692. The summed E-state index contributed by atoms with van der Waals surface area (Å²) in [5.41, 5.74) is 0. The molecular weight excluding hydrogens is 301 g/mol. The second-order valence-electron chi connectivity index (χ2n) is 5.15. The van der Waals surface area contributed by atoms with Gasteiger partial charge in [-0.15, -0.1) is 23.7 Å². The number of thiophene rings is 1. The lowest BCUT2D eigenvalue weighted by Gasteiger charge is -2.37. The van der Waals surface area contributed by atoms with Crippen LogP contribution in [0.2, 0.25) is 5.02 Å². The van der Waals surface area contributed by atoms with Crippen molar-refractivity contribution in [1.82, 2.24) is 15.1 Å². The molecule has 1 aromatic rings. The molecule has 1 N–H and O–H groups in total. The normalized spacial score (nSPS) is 25.4. The Kier molecular flexibility index (Phi) is 5.93. The zero-order chi connectivity index (χ0) is 12.4. The summed E-state index contributed by atoms with van der Waals surface area (Å²) >= 11 is 7.93. The van der Waals surface area contributed by atoms with Crippen LogP contribution in [0.25, 0.3) is 0 Å². The third-order valence-electron chi connectivity index (χ3n) is 4.02. The lowest BCUT2D eigenvalue weighted by molar-refractivity contribution is 0.0988. The molecule has 1 aromatic heterocycles. The number of halogens is 2. The van der Waals surface area contributed by atoms with Gasteiger partial charge in [-0.1, -0.05) is 11.6 Å². The maximum absolute atomic E-state index is 6.16. The van der Waals surface area contributed by atoms with Crippen LogP contribution in [0.15, 0.2) is 11.4 Å². The minimum absolute atomic E-state index is 0. The van der Waals surface area contributed by atoms with E-state index in [4.69, 9.17) is 11.6 Å². The Hall–Kier alpha value is 0.160. The minimum Gasteiger partial charge on any atom is -0.315 e. The van der Waals surface area contributed by atoms with Gasteiger partial charge in [0.15, 0.2) is 0 Å². The number of nitrogens with one attached hydrogen (secondary N) is 1. The smallest absolute Gasteiger partial charge is 0.0558 e. The molecule has 3 nitrogen and oxygen atoms in total. The van der Waals surface area contributed by atoms with Gasteiger partial charge in [-0.2, -0.15) is 0 Å². The van der Waals surface area contributed by atoms with Gasteiger partial charge in [-0.25, -0.2) is 0 Å². The van der Waals surface area contributed by atoms with E-state index in [1.807, 2.05) is 6.07 Å². The summed E-state index contributed by atoms with van der Waals surface area (Å²) in [5, 5.41) is 6.47. The maximum atomic E-state index is 6.16. The molecule has 0 bridgehead atoms. The van der Waals surface area contributed by atoms with E-state index in [0.717, 1.165) is 17.6 Å². The molecular formula is C13H21Cl2N3S. The molecule has 0 aliphatic carbocycles. The Labute approximate surface area is 130 Å². The molecule has 1 atom stereocenters. The van der Waals surface area contributed by atoms with Gasteiger partial charge in [0.05, 0.1) is 5.02 Å². The molecule has 0 radical (unpaired) electrons. The second-order valence-corrected chi connectivity index (χ2v) is 6.56. The predicted octanol–water partition coefficient (Wildman–Crippen LogP) is 2.30. The molecule has 3 rings (SSSR count). The van der Waals surface area contributed by atoms with E-state index in [1.165, 1.54) is 50.6 Å². The average molecular weight is 322 g/mol. The van der Waals surface area contributed by atoms with Crippen LogP contribution in [0.5, 0.6) is 0 Å². The predicted molar refractivity (Wildman–Crippen MR) is 84.7 cm³/mol. The Morgan fingerprint density at radius 3 is 2.68 bits per heavy atom. The number of piperazine rings is 1. The van der Waals surface area contributed by atoms with Crippen molar-refractivity contribution in [3.63, 3.8) is 0 Å². The van der Waals surface area contributed by atoms with Crippen LogP contribution in [0.1, 0.15) is 11.3 Å². The Morgan fingerprint density at radius 2 is 2.11 bits per heavy atom. The fourth-order valence-electron chi connectivity index (χ4n) is 2.88. The van der Waals surface area contributed by atoms with Crippen molar-refractivity contribution in [2.24, 2.45) is 0 Å². The quantitative estimate of drug-likeness (QED) is 0.921. The largest absolute Gasteiger partial charge is 0.315 e. The first-order valence-corrected chi connectivity index (χ1v) is 7.97. The van der Waals surface area contributed by atoms with E-state index in [2.05, 4.69) is 20.5 Å². The highest BCUT2D eigenvalue weighted by atomic mass is 35.5. The van der Waals surface area contributed by atoms with Crippen LogP contribution in [-0.2, 0) is 6.54 Å². The van der Waals surface area contributed by atoms with Crippen molar-refractivity contribution < 1.29 is 0 Å². The van der Waals surface area contributed by atoms with Gasteiger partial charge in [-0.3, -0.25) is 9.80 Å². The summed E-state index contributed by atoms with van der Waals surface area (Å²) in [5.74, 6) is 0. The molecule has 3 heterocycles. The number of hydrogen-bond acceptors (Lipinski definition) is 4. The molecule has 0 aromatic carbocycles. The van der Waals surface area contributed by atoms with Crippen LogP contribution < -0.4 is 5.32 Å². The molecule has 2 saturated heterocycles. The topological polar surface area (TPSA) is 18.5 Å². The highest BCUT2D eigenvalue weighted by molar-refractivity contribution is 7.10. The summed E-state index contributed by atoms with van der Waals surface area (Å²) in [4.78, 5) is 6.48. The molecule has 2 fully saturated rings. The summed E-state index contributed by atoms with van der Waals surface area (Å²) in [7, 11) is 0. The van der Waals surface area contributed by atoms with Crippen LogP contribution >= 0.6 is 35.3 Å². The summed E-state index contributed by atoms with van der Waals surface area (Å²) in [6.45, 7) is 8.14. The van der Waals surface area contributed by atoms with Crippen LogP contribution in [-0.4, -0.2) is 55.1 Å². The molecule has 6 heteroatoms. The van der Waals surface area contributed by atoms with Crippen molar-refractivity contribution in [3.05, 3.63) is 21.3 Å². The zero-order valence-electron chi connectivity index (χ0n) is 11.0. The lowest BCUT2D eigenvalue weighted by Crippen LogP contribution is -2.50. The monoisotopic (exact) mass is 321 g/mol. The Balaban J connectivity index is 0.00000133. The van der Waals surface area contributed by atoms with Gasteiger partial charge >= 0.3 is 0 Å². The first-order valence-electron chi connectivity index (χ1n) is 6.72. The maximum Gasteiger partial charge on any atom is 0.0558 e. The van der Waals surface area contributed by atoms with E-state index < -0.39 is 0 Å². The van der Waals surface area contributed by atoms with Gasteiger partial charge in [0.2, 0.25) is 0 Å². The summed E-state index contributed by atoms with van der Waals surface area (Å²) in [6, 6.07) is 2.78. The Bertz CT molecular complexity index is 385. The lowest BCUT2D eigenvalue weighted by atomic mass is 10.2. The van der Waals surface area contributed by atoms with Crippen molar-refractivity contribution in [2.45, 2.75) is 19.0 Å². The second kappa shape index (κ2) is 7.25. The zero-order valence-corrected chi connectivity index (χ0v) is 13.4. The van der Waals surface area contributed by atoms with Crippen molar-refractivity contribution >= 4 is 35.3 Å². The number of rotatable bonds is 3. The van der Waals surface area contributed by atoms with Crippen molar-refractivity contribution in [1.29, 1.82) is 0 Å². The van der Waals surface area contributed by atoms with E-state index in [9.17, 15) is 0 Å². The molecule has 0 amide bonds. The van der Waals surface area contributed by atoms with Gasteiger partial charge < -0.3 is 5.32 Å². The van der Waals surface area contributed by atoms with Crippen molar-refractivity contribution in [3.8, 4) is 0 Å². The third-order valence-corrected chi connectivity index (χ3v) is 5.39. The molecule has 0 spiro atoms. The first-order chi connectivity index (χ1) is 8.83. The van der Waals surface area contributed by atoms with Gasteiger partial charge in [-0.05, 0) is 24.4 Å². The third kappa shape index (κ3) is 3.84. The fourth-order valence-corrected chi connectivity index (χ4v) is 4.02. The van der Waals surface area contributed by atoms with Gasteiger partial charge in [0.1, 0.15) is 0 Å².